The van der Waals surface area contributed by atoms with Gasteiger partial charge in [0.2, 0.25) is 5.91 Å². The van der Waals surface area contributed by atoms with Gasteiger partial charge >= 0.3 is 0 Å². The van der Waals surface area contributed by atoms with Gasteiger partial charge in [0.25, 0.3) is 0 Å². The lowest BCUT2D eigenvalue weighted by molar-refractivity contribution is -0.133. The molecular formula is C18H26FNO2. The Kier molecular flexibility index (Phi) is 6.22. The molecule has 1 aromatic carbocycles. The average molecular weight is 307 g/mol. The summed E-state index contributed by atoms with van der Waals surface area (Å²) in [5, 5.41) is 0. The number of carbonyl (C=O) groups excluding carboxylic acids is 1. The van der Waals surface area contributed by atoms with Crippen molar-refractivity contribution >= 4 is 5.91 Å². The number of para-hydroxylation sites is 1. The molecule has 1 aliphatic heterocycles. The SMILES string of the molecule is CC(C)CC(=O)N1CCC(CCOc2ccccc2F)CC1. The molecule has 1 saturated heterocycles. The quantitative estimate of drug-likeness (QED) is 0.798. The molecular weight excluding hydrogens is 281 g/mol. The van der Waals surface area contributed by atoms with Gasteiger partial charge in [0.1, 0.15) is 0 Å². The van der Waals surface area contributed by atoms with Crippen LogP contribution in [-0.4, -0.2) is 30.5 Å². The first kappa shape index (κ1) is 16.8. The molecule has 1 fully saturated rings. The molecule has 0 spiro atoms. The Balaban J connectivity index is 1.67. The number of halogens is 1. The van der Waals surface area contributed by atoms with Gasteiger partial charge in [-0.25, -0.2) is 4.39 Å². The van der Waals surface area contributed by atoms with Crippen LogP contribution in [0.25, 0.3) is 0 Å². The number of carbonyl (C=O) groups is 1. The fourth-order valence-electron chi connectivity index (χ4n) is 2.85. The topological polar surface area (TPSA) is 29.5 Å². The molecule has 2 rings (SSSR count). The Hall–Kier alpha value is -1.58. The molecule has 0 aliphatic carbocycles. The Morgan fingerprint density at radius 1 is 1.32 bits per heavy atom. The van der Waals surface area contributed by atoms with Crippen molar-refractivity contribution in [2.45, 2.75) is 39.5 Å². The lowest BCUT2D eigenvalue weighted by Gasteiger charge is -2.32. The third kappa shape index (κ3) is 5.00. The number of likely N-dealkylation sites (tertiary alicyclic amines) is 1. The summed E-state index contributed by atoms with van der Waals surface area (Å²) >= 11 is 0. The summed E-state index contributed by atoms with van der Waals surface area (Å²) < 4.78 is 18.9. The molecule has 122 valence electrons. The Labute approximate surface area is 132 Å². The number of nitrogens with zero attached hydrogens (tertiary/aromatic N) is 1. The van der Waals surface area contributed by atoms with Crippen LogP contribution in [0.3, 0.4) is 0 Å². The van der Waals surface area contributed by atoms with E-state index in [1.807, 2.05) is 4.90 Å². The normalized spacial score (nSPS) is 16.1. The van der Waals surface area contributed by atoms with Crippen LogP contribution in [0.15, 0.2) is 24.3 Å². The van der Waals surface area contributed by atoms with E-state index < -0.39 is 0 Å². The molecule has 0 N–H and O–H groups in total. The van der Waals surface area contributed by atoms with Crippen LogP contribution in [0, 0.1) is 17.7 Å². The number of hydrogen-bond donors (Lipinski definition) is 0. The standard InChI is InChI=1S/C18H26FNO2/c1-14(2)13-18(21)20-10-7-15(8-11-20)9-12-22-17-6-4-3-5-16(17)19/h3-6,14-15H,7-13H2,1-2H3. The Morgan fingerprint density at radius 2 is 2.00 bits per heavy atom. The molecule has 3 nitrogen and oxygen atoms in total. The predicted molar refractivity (Wildman–Crippen MR) is 85.3 cm³/mol. The first-order chi connectivity index (χ1) is 10.6. The van der Waals surface area contributed by atoms with Crippen molar-refractivity contribution < 1.29 is 13.9 Å². The number of ether oxygens (including phenoxy) is 1. The molecule has 0 aromatic heterocycles. The summed E-state index contributed by atoms with van der Waals surface area (Å²) in [6.07, 6.45) is 3.59. The van der Waals surface area contributed by atoms with E-state index in [0.717, 1.165) is 32.4 Å². The summed E-state index contributed by atoms with van der Waals surface area (Å²) in [6.45, 7) is 6.37. The predicted octanol–water partition coefficient (Wildman–Crippen LogP) is 3.88. The first-order valence-corrected chi connectivity index (χ1v) is 8.21. The monoisotopic (exact) mass is 307 g/mol. The molecule has 1 heterocycles. The van der Waals surface area contributed by atoms with E-state index in [4.69, 9.17) is 4.74 Å². The highest BCUT2D eigenvalue weighted by Gasteiger charge is 2.23. The smallest absolute Gasteiger partial charge is 0.222 e. The number of rotatable bonds is 6. The van der Waals surface area contributed by atoms with Crippen LogP contribution in [0.1, 0.15) is 39.5 Å². The van der Waals surface area contributed by atoms with Crippen LogP contribution >= 0.6 is 0 Å². The molecule has 1 aliphatic rings. The molecule has 1 amide bonds. The number of benzene rings is 1. The third-order valence-electron chi connectivity index (χ3n) is 4.17. The second-order valence-electron chi connectivity index (χ2n) is 6.49. The zero-order chi connectivity index (χ0) is 15.9. The van der Waals surface area contributed by atoms with Gasteiger partial charge in [0, 0.05) is 19.5 Å². The summed E-state index contributed by atoms with van der Waals surface area (Å²) in [6, 6.07) is 6.50. The van der Waals surface area contributed by atoms with Crippen molar-refractivity contribution in [1.29, 1.82) is 0 Å². The summed E-state index contributed by atoms with van der Waals surface area (Å²) in [4.78, 5) is 14.0. The molecule has 4 heteroatoms. The lowest BCUT2D eigenvalue weighted by atomic mass is 9.93. The maximum atomic E-state index is 13.4. The maximum Gasteiger partial charge on any atom is 0.222 e. The molecule has 1 aromatic rings. The van der Waals surface area contributed by atoms with Gasteiger partial charge in [0.05, 0.1) is 6.61 Å². The third-order valence-corrected chi connectivity index (χ3v) is 4.17. The van der Waals surface area contributed by atoms with Crippen molar-refractivity contribution in [2.24, 2.45) is 11.8 Å². The van der Waals surface area contributed by atoms with Crippen LogP contribution in [0.2, 0.25) is 0 Å². The van der Waals surface area contributed by atoms with Gasteiger partial charge in [-0.1, -0.05) is 26.0 Å². The van der Waals surface area contributed by atoms with E-state index in [1.165, 1.54) is 6.07 Å². The highest BCUT2D eigenvalue weighted by Crippen LogP contribution is 2.23. The fraction of sp³-hybridized carbons (Fsp3) is 0.611. The second kappa shape index (κ2) is 8.16. The fourth-order valence-corrected chi connectivity index (χ4v) is 2.85. The van der Waals surface area contributed by atoms with Crippen LogP contribution < -0.4 is 4.74 Å². The minimum atomic E-state index is -0.309. The van der Waals surface area contributed by atoms with E-state index in [-0.39, 0.29) is 11.7 Å². The van der Waals surface area contributed by atoms with Crippen molar-refractivity contribution in [1.82, 2.24) is 4.90 Å². The zero-order valence-electron chi connectivity index (χ0n) is 13.6. The summed E-state index contributed by atoms with van der Waals surface area (Å²) in [5.41, 5.74) is 0. The number of amides is 1. The van der Waals surface area contributed by atoms with Crippen molar-refractivity contribution in [3.05, 3.63) is 30.1 Å². The van der Waals surface area contributed by atoms with Crippen molar-refractivity contribution in [3.8, 4) is 5.75 Å². The van der Waals surface area contributed by atoms with Crippen molar-refractivity contribution in [2.75, 3.05) is 19.7 Å². The van der Waals surface area contributed by atoms with E-state index >= 15 is 0 Å². The molecule has 0 saturated carbocycles. The minimum absolute atomic E-state index is 0.274. The van der Waals surface area contributed by atoms with E-state index in [0.29, 0.717) is 30.6 Å². The Bertz CT molecular complexity index is 482. The van der Waals surface area contributed by atoms with Gasteiger partial charge in [-0.05, 0) is 43.2 Å². The van der Waals surface area contributed by atoms with E-state index in [1.54, 1.807) is 18.2 Å². The highest BCUT2D eigenvalue weighted by atomic mass is 19.1. The second-order valence-corrected chi connectivity index (χ2v) is 6.49. The van der Waals surface area contributed by atoms with Gasteiger partial charge < -0.3 is 9.64 Å². The largest absolute Gasteiger partial charge is 0.491 e. The van der Waals surface area contributed by atoms with Crippen molar-refractivity contribution in [3.63, 3.8) is 0 Å². The van der Waals surface area contributed by atoms with Crippen LogP contribution in [0.5, 0.6) is 5.75 Å². The van der Waals surface area contributed by atoms with Gasteiger partial charge in [0.15, 0.2) is 11.6 Å². The first-order valence-electron chi connectivity index (χ1n) is 8.21. The molecule has 22 heavy (non-hydrogen) atoms. The Morgan fingerprint density at radius 3 is 2.64 bits per heavy atom. The van der Waals surface area contributed by atoms with Crippen LogP contribution in [0.4, 0.5) is 4.39 Å². The molecule has 0 unspecified atom stereocenters. The lowest BCUT2D eigenvalue weighted by Crippen LogP contribution is -2.39. The maximum absolute atomic E-state index is 13.4. The zero-order valence-corrected chi connectivity index (χ0v) is 13.6. The number of hydrogen-bond acceptors (Lipinski definition) is 2. The minimum Gasteiger partial charge on any atom is -0.491 e. The molecule has 0 radical (unpaired) electrons. The van der Waals surface area contributed by atoms with Crippen LogP contribution in [-0.2, 0) is 4.79 Å². The number of piperidine rings is 1. The van der Waals surface area contributed by atoms with Gasteiger partial charge in [-0.2, -0.15) is 0 Å². The van der Waals surface area contributed by atoms with Gasteiger partial charge in [-0.3, -0.25) is 4.79 Å². The average Bonchev–Trinajstić information content (AvgIpc) is 2.49. The molecule has 0 atom stereocenters. The van der Waals surface area contributed by atoms with E-state index in [2.05, 4.69) is 13.8 Å². The summed E-state index contributed by atoms with van der Waals surface area (Å²) in [5.74, 6) is 1.27. The highest BCUT2D eigenvalue weighted by molar-refractivity contribution is 5.76. The summed E-state index contributed by atoms with van der Waals surface area (Å²) in [7, 11) is 0. The van der Waals surface area contributed by atoms with Gasteiger partial charge in [-0.15, -0.1) is 0 Å². The molecule has 0 bridgehead atoms. The van der Waals surface area contributed by atoms with E-state index in [9.17, 15) is 9.18 Å².